The highest BCUT2D eigenvalue weighted by Gasteiger charge is 2.22. The lowest BCUT2D eigenvalue weighted by Gasteiger charge is -2.26. The highest BCUT2D eigenvalue weighted by Crippen LogP contribution is 2.28. The van der Waals surface area contributed by atoms with Crippen LogP contribution in [0.1, 0.15) is 64.3 Å². The van der Waals surface area contributed by atoms with E-state index in [9.17, 15) is 0 Å². The predicted octanol–water partition coefficient (Wildman–Crippen LogP) is 3.87. The van der Waals surface area contributed by atoms with Crippen LogP contribution in [-0.2, 0) is 5.41 Å². The molecule has 0 amide bonds. The summed E-state index contributed by atoms with van der Waals surface area (Å²) in [5.74, 6) is 2.83. The maximum atomic E-state index is 4.78. The molecule has 20 heavy (non-hydrogen) atoms. The number of nitrogens with one attached hydrogen (secondary N) is 2. The van der Waals surface area contributed by atoms with Gasteiger partial charge in [0.15, 0.2) is 0 Å². The van der Waals surface area contributed by atoms with Crippen LogP contribution in [0.2, 0.25) is 0 Å². The first-order valence-corrected chi connectivity index (χ1v) is 7.75. The minimum Gasteiger partial charge on any atom is -0.373 e. The lowest BCUT2D eigenvalue weighted by molar-refractivity contribution is 0.460. The van der Waals surface area contributed by atoms with Crippen molar-refractivity contribution in [3.8, 4) is 0 Å². The normalized spacial score (nSPS) is 17.1. The molecule has 1 heterocycles. The van der Waals surface area contributed by atoms with E-state index in [1.54, 1.807) is 0 Å². The Kier molecular flexibility index (Phi) is 4.51. The first-order valence-electron chi connectivity index (χ1n) is 7.75. The van der Waals surface area contributed by atoms with E-state index in [2.05, 4.69) is 43.3 Å². The fourth-order valence-electron chi connectivity index (χ4n) is 2.68. The minimum absolute atomic E-state index is 0.0394. The molecule has 0 saturated heterocycles. The average Bonchev–Trinajstić information content (AvgIpc) is 2.41. The van der Waals surface area contributed by atoms with Crippen molar-refractivity contribution in [3.05, 3.63) is 11.4 Å². The molecule has 1 aliphatic carbocycles. The van der Waals surface area contributed by atoms with Gasteiger partial charge in [0.2, 0.25) is 0 Å². The molecule has 2 N–H and O–H groups in total. The van der Waals surface area contributed by atoms with E-state index in [0.717, 1.165) is 23.0 Å². The Morgan fingerprint density at radius 2 is 1.60 bits per heavy atom. The monoisotopic (exact) mass is 276 g/mol. The van der Waals surface area contributed by atoms with Crippen molar-refractivity contribution in [3.63, 3.8) is 0 Å². The summed E-state index contributed by atoms with van der Waals surface area (Å²) < 4.78 is 0. The smallest absolute Gasteiger partial charge is 0.138 e. The first-order chi connectivity index (χ1) is 9.41. The Labute approximate surface area is 122 Å². The second kappa shape index (κ2) is 5.98. The van der Waals surface area contributed by atoms with Crippen LogP contribution >= 0.6 is 0 Å². The Morgan fingerprint density at radius 3 is 2.15 bits per heavy atom. The third kappa shape index (κ3) is 3.41. The molecule has 0 bridgehead atoms. The third-order valence-electron chi connectivity index (χ3n) is 4.00. The van der Waals surface area contributed by atoms with Crippen molar-refractivity contribution in [1.29, 1.82) is 0 Å². The molecule has 2 rings (SSSR count). The fourth-order valence-corrected chi connectivity index (χ4v) is 2.68. The maximum Gasteiger partial charge on any atom is 0.138 e. The Balaban J connectivity index is 2.30. The van der Waals surface area contributed by atoms with E-state index < -0.39 is 0 Å². The number of nitrogens with zero attached hydrogens (tertiary/aromatic N) is 2. The van der Waals surface area contributed by atoms with Gasteiger partial charge >= 0.3 is 0 Å². The second-order valence-corrected chi connectivity index (χ2v) is 6.85. The highest BCUT2D eigenvalue weighted by molar-refractivity contribution is 5.57. The molecule has 1 aliphatic rings. The zero-order valence-corrected chi connectivity index (χ0v) is 13.5. The largest absolute Gasteiger partial charge is 0.373 e. The average molecular weight is 276 g/mol. The van der Waals surface area contributed by atoms with Gasteiger partial charge in [-0.1, -0.05) is 40.0 Å². The number of rotatable bonds is 3. The van der Waals surface area contributed by atoms with Crippen LogP contribution < -0.4 is 10.6 Å². The van der Waals surface area contributed by atoms with Crippen molar-refractivity contribution in [2.75, 3.05) is 17.7 Å². The predicted molar refractivity (Wildman–Crippen MR) is 85.5 cm³/mol. The molecule has 1 saturated carbocycles. The third-order valence-corrected chi connectivity index (χ3v) is 4.00. The molecule has 0 unspecified atom stereocenters. The molecular formula is C16H28N4. The van der Waals surface area contributed by atoms with Gasteiger partial charge in [0.1, 0.15) is 17.5 Å². The van der Waals surface area contributed by atoms with Crippen LogP contribution in [0.15, 0.2) is 0 Å². The van der Waals surface area contributed by atoms with Crippen molar-refractivity contribution in [1.82, 2.24) is 9.97 Å². The van der Waals surface area contributed by atoms with Gasteiger partial charge in [0.05, 0.1) is 0 Å². The summed E-state index contributed by atoms with van der Waals surface area (Å²) >= 11 is 0. The Hall–Kier alpha value is -1.32. The van der Waals surface area contributed by atoms with Crippen molar-refractivity contribution in [2.45, 2.75) is 71.3 Å². The van der Waals surface area contributed by atoms with E-state index in [1.807, 2.05) is 7.05 Å². The molecule has 0 atom stereocenters. The van der Waals surface area contributed by atoms with Crippen molar-refractivity contribution < 1.29 is 0 Å². The van der Waals surface area contributed by atoms with Gasteiger partial charge in [-0.15, -0.1) is 0 Å². The highest BCUT2D eigenvalue weighted by atomic mass is 15.1. The van der Waals surface area contributed by atoms with Crippen LogP contribution in [-0.4, -0.2) is 23.1 Å². The van der Waals surface area contributed by atoms with Gasteiger partial charge in [-0.2, -0.15) is 0 Å². The minimum atomic E-state index is -0.0394. The SMILES string of the molecule is CNc1nc(C(C)(C)C)nc(NC2CCCCC2)c1C. The number of anilines is 2. The molecule has 1 fully saturated rings. The van der Waals surface area contributed by atoms with Gasteiger partial charge in [-0.05, 0) is 19.8 Å². The van der Waals surface area contributed by atoms with E-state index in [0.29, 0.717) is 6.04 Å². The number of hydrogen-bond donors (Lipinski definition) is 2. The fraction of sp³-hybridized carbons (Fsp3) is 0.750. The molecule has 1 aromatic rings. The first kappa shape index (κ1) is 15.1. The number of hydrogen-bond acceptors (Lipinski definition) is 4. The lowest BCUT2D eigenvalue weighted by Crippen LogP contribution is -2.25. The zero-order valence-electron chi connectivity index (χ0n) is 13.5. The summed E-state index contributed by atoms with van der Waals surface area (Å²) in [6.07, 6.45) is 6.53. The standard InChI is InChI=1S/C16H28N4/c1-11-13(17-5)19-15(16(2,3)4)20-14(11)18-12-9-7-6-8-10-12/h12H,6-10H2,1-5H3,(H2,17,18,19,20). The van der Waals surface area contributed by atoms with E-state index >= 15 is 0 Å². The van der Waals surface area contributed by atoms with Crippen molar-refractivity contribution >= 4 is 11.6 Å². The number of aromatic nitrogens is 2. The molecular weight excluding hydrogens is 248 g/mol. The van der Waals surface area contributed by atoms with Gasteiger partial charge in [0.25, 0.3) is 0 Å². The van der Waals surface area contributed by atoms with Gasteiger partial charge in [-0.25, -0.2) is 9.97 Å². The molecule has 0 radical (unpaired) electrons. The molecule has 0 aliphatic heterocycles. The summed E-state index contributed by atoms with van der Waals surface area (Å²) in [4.78, 5) is 9.44. The summed E-state index contributed by atoms with van der Waals surface area (Å²) in [6, 6.07) is 0.565. The van der Waals surface area contributed by atoms with Crippen molar-refractivity contribution in [2.24, 2.45) is 0 Å². The molecule has 112 valence electrons. The van der Waals surface area contributed by atoms with Crippen LogP contribution in [0.25, 0.3) is 0 Å². The van der Waals surface area contributed by atoms with E-state index in [4.69, 9.17) is 4.98 Å². The molecule has 4 heteroatoms. The van der Waals surface area contributed by atoms with Crippen LogP contribution in [0.5, 0.6) is 0 Å². The quantitative estimate of drug-likeness (QED) is 0.880. The van der Waals surface area contributed by atoms with Gasteiger partial charge in [0, 0.05) is 24.1 Å². The summed E-state index contributed by atoms with van der Waals surface area (Å²) in [7, 11) is 1.92. The van der Waals surface area contributed by atoms with E-state index in [-0.39, 0.29) is 5.41 Å². The zero-order chi connectivity index (χ0) is 14.8. The lowest BCUT2D eigenvalue weighted by atomic mass is 9.94. The molecule has 0 aromatic carbocycles. The summed E-state index contributed by atoms with van der Waals surface area (Å²) in [6.45, 7) is 8.55. The van der Waals surface area contributed by atoms with Crippen LogP contribution in [0.3, 0.4) is 0 Å². The summed E-state index contributed by atoms with van der Waals surface area (Å²) in [5, 5.41) is 6.84. The summed E-state index contributed by atoms with van der Waals surface area (Å²) in [5.41, 5.74) is 1.08. The van der Waals surface area contributed by atoms with Gasteiger partial charge in [-0.3, -0.25) is 0 Å². The van der Waals surface area contributed by atoms with E-state index in [1.165, 1.54) is 32.1 Å². The van der Waals surface area contributed by atoms with Crippen LogP contribution in [0.4, 0.5) is 11.6 Å². The molecule has 1 aromatic heterocycles. The molecule has 0 spiro atoms. The second-order valence-electron chi connectivity index (χ2n) is 6.85. The maximum absolute atomic E-state index is 4.78. The molecule has 4 nitrogen and oxygen atoms in total. The Morgan fingerprint density at radius 1 is 1.00 bits per heavy atom. The topological polar surface area (TPSA) is 49.8 Å². The van der Waals surface area contributed by atoms with Gasteiger partial charge < -0.3 is 10.6 Å². The Bertz CT molecular complexity index is 456. The van der Waals surface area contributed by atoms with Crippen LogP contribution in [0, 0.1) is 6.92 Å².